The van der Waals surface area contributed by atoms with Crippen molar-refractivity contribution < 1.29 is 23.5 Å². The maximum atomic E-state index is 14.6. The molecule has 0 spiro atoms. The Morgan fingerprint density at radius 3 is 2.81 bits per heavy atom. The number of halogens is 1. The van der Waals surface area contributed by atoms with Gasteiger partial charge in [0, 0.05) is 30.9 Å². The number of nitrogens with one attached hydrogen (secondary N) is 2. The number of carbonyl (C=O) groups is 2. The molecule has 1 aliphatic heterocycles. The molecule has 2 heterocycles. The Morgan fingerprint density at radius 1 is 1.25 bits per heavy atom. The Bertz CT molecular complexity index is 1190. The molecule has 1 saturated heterocycles. The van der Waals surface area contributed by atoms with E-state index >= 15 is 0 Å². The van der Waals surface area contributed by atoms with Gasteiger partial charge in [-0.15, -0.1) is 0 Å². The normalized spacial score (nSPS) is 24.6. The fraction of sp³-hybridized carbons (Fsp3) is 0.440. The third-order valence-electron chi connectivity index (χ3n) is 6.99. The lowest BCUT2D eigenvalue weighted by atomic mass is 9.88. The van der Waals surface area contributed by atoms with Crippen molar-refractivity contribution in [1.29, 1.82) is 0 Å². The Balaban J connectivity index is 1.26. The minimum Gasteiger partial charge on any atom is -0.483 e. The Kier molecular flexibility index (Phi) is 6.73. The van der Waals surface area contributed by atoms with E-state index < -0.39 is 17.6 Å². The molecular weight excluding hydrogens is 467 g/mol. The third-order valence-corrected chi connectivity index (χ3v) is 6.99. The summed E-state index contributed by atoms with van der Waals surface area (Å²) in [5.74, 6) is -0.663. The van der Waals surface area contributed by atoms with Crippen LogP contribution in [0.3, 0.4) is 0 Å². The summed E-state index contributed by atoms with van der Waals surface area (Å²) in [4.78, 5) is 34.5. The molecule has 4 atom stereocenters. The van der Waals surface area contributed by atoms with E-state index in [1.165, 1.54) is 0 Å². The first-order valence-electron chi connectivity index (χ1n) is 12.0. The van der Waals surface area contributed by atoms with E-state index in [9.17, 15) is 14.0 Å². The molecule has 3 aliphatic rings. The van der Waals surface area contributed by atoms with Crippen molar-refractivity contribution in [3.05, 3.63) is 47.9 Å². The number of hydrogen-bond donors (Lipinski definition) is 3. The number of amides is 2. The number of nitrogens with zero attached hydrogens (tertiary/aromatic N) is 3. The lowest BCUT2D eigenvalue weighted by Gasteiger charge is -2.27. The lowest BCUT2D eigenvalue weighted by Crippen LogP contribution is -2.43. The van der Waals surface area contributed by atoms with Crippen molar-refractivity contribution in [3.8, 4) is 5.75 Å². The van der Waals surface area contributed by atoms with Crippen LogP contribution in [0.2, 0.25) is 0 Å². The topological polar surface area (TPSA) is 132 Å². The smallest absolute Gasteiger partial charge is 0.260 e. The molecule has 10 nitrogen and oxygen atoms in total. The molecule has 1 aromatic heterocycles. The van der Waals surface area contributed by atoms with Gasteiger partial charge in [0.25, 0.3) is 5.91 Å². The first-order chi connectivity index (χ1) is 17.4. The van der Waals surface area contributed by atoms with Crippen LogP contribution in [0.15, 0.2) is 36.5 Å². The zero-order chi connectivity index (χ0) is 25.2. The van der Waals surface area contributed by atoms with Crippen LogP contribution in [0, 0.1) is 30.5 Å². The third kappa shape index (κ3) is 4.97. The summed E-state index contributed by atoms with van der Waals surface area (Å²) in [7, 11) is 0. The van der Waals surface area contributed by atoms with Gasteiger partial charge in [-0.2, -0.15) is 4.98 Å². The van der Waals surface area contributed by atoms with E-state index in [4.69, 9.17) is 15.2 Å². The first kappa shape index (κ1) is 24.0. The highest BCUT2D eigenvalue weighted by molar-refractivity contribution is 5.80. The van der Waals surface area contributed by atoms with Gasteiger partial charge in [-0.05, 0) is 36.8 Å². The van der Waals surface area contributed by atoms with Gasteiger partial charge in [0.2, 0.25) is 11.9 Å². The molecular formula is C25H29FN6O4. The van der Waals surface area contributed by atoms with Crippen LogP contribution in [0.1, 0.15) is 12.0 Å². The average Bonchev–Trinajstić information content (AvgIpc) is 3.48. The molecule has 1 aromatic carbocycles. The molecule has 2 amide bonds. The van der Waals surface area contributed by atoms with Gasteiger partial charge >= 0.3 is 0 Å². The highest BCUT2D eigenvalue weighted by atomic mass is 19.1. The first-order valence-corrected chi connectivity index (χ1v) is 12.0. The summed E-state index contributed by atoms with van der Waals surface area (Å²) in [6, 6.07) is 5.08. The zero-order valence-electron chi connectivity index (χ0n) is 19.9. The number of morpholine rings is 1. The van der Waals surface area contributed by atoms with Crippen LogP contribution in [0.25, 0.3) is 0 Å². The van der Waals surface area contributed by atoms with E-state index in [1.54, 1.807) is 11.0 Å². The van der Waals surface area contributed by atoms with Crippen molar-refractivity contribution in [3.63, 3.8) is 0 Å². The van der Waals surface area contributed by atoms with Crippen LogP contribution < -0.4 is 21.1 Å². The second kappa shape index (κ2) is 10.1. The van der Waals surface area contributed by atoms with Gasteiger partial charge in [-0.3, -0.25) is 9.59 Å². The van der Waals surface area contributed by atoms with E-state index in [1.807, 2.05) is 31.2 Å². The highest BCUT2D eigenvalue weighted by Crippen LogP contribution is 2.44. The van der Waals surface area contributed by atoms with Crippen LogP contribution in [-0.2, 0) is 14.3 Å². The summed E-state index contributed by atoms with van der Waals surface area (Å²) < 4.78 is 25.6. The van der Waals surface area contributed by atoms with Crippen molar-refractivity contribution >= 4 is 29.3 Å². The molecule has 4 N–H and O–H groups in total. The van der Waals surface area contributed by atoms with Gasteiger partial charge in [0.15, 0.2) is 18.2 Å². The summed E-state index contributed by atoms with van der Waals surface area (Å²) >= 11 is 0. The highest BCUT2D eigenvalue weighted by Gasteiger charge is 2.47. The van der Waals surface area contributed by atoms with Gasteiger partial charge in [0.1, 0.15) is 5.75 Å². The second-order valence-electron chi connectivity index (χ2n) is 9.32. The van der Waals surface area contributed by atoms with E-state index in [0.717, 1.165) is 18.2 Å². The number of allylic oxidation sites excluding steroid dienone is 1. The average molecular weight is 497 g/mol. The van der Waals surface area contributed by atoms with Gasteiger partial charge in [-0.25, -0.2) is 9.37 Å². The molecule has 0 radical (unpaired) electrons. The fourth-order valence-corrected chi connectivity index (χ4v) is 5.10. The van der Waals surface area contributed by atoms with Crippen molar-refractivity contribution in [2.45, 2.75) is 19.4 Å². The number of rotatable bonds is 8. The van der Waals surface area contributed by atoms with E-state index in [-0.39, 0.29) is 42.2 Å². The molecule has 2 aliphatic carbocycles. The van der Waals surface area contributed by atoms with Crippen molar-refractivity contribution in [1.82, 2.24) is 14.9 Å². The molecule has 2 fully saturated rings. The number of benzene rings is 1. The Morgan fingerprint density at radius 2 is 2.03 bits per heavy atom. The molecule has 190 valence electrons. The molecule has 2 aromatic rings. The summed E-state index contributed by atoms with van der Waals surface area (Å²) in [6.07, 6.45) is 5.93. The van der Waals surface area contributed by atoms with Gasteiger partial charge in [-0.1, -0.05) is 18.2 Å². The quantitative estimate of drug-likeness (QED) is 0.473. The van der Waals surface area contributed by atoms with Crippen molar-refractivity contribution in [2.24, 2.45) is 23.5 Å². The van der Waals surface area contributed by atoms with Crippen LogP contribution >= 0.6 is 0 Å². The summed E-state index contributed by atoms with van der Waals surface area (Å²) in [5, 5.41) is 6.15. The number of ether oxygens (including phenoxy) is 2. The van der Waals surface area contributed by atoms with Crippen LogP contribution in [0.5, 0.6) is 5.75 Å². The molecule has 2 bridgehead atoms. The predicted octanol–water partition coefficient (Wildman–Crippen LogP) is 1.99. The lowest BCUT2D eigenvalue weighted by molar-refractivity contribution is -0.137. The Labute approximate surface area is 208 Å². The van der Waals surface area contributed by atoms with Crippen LogP contribution in [-0.4, -0.2) is 65.6 Å². The number of primary amides is 1. The summed E-state index contributed by atoms with van der Waals surface area (Å²) in [6.45, 7) is 3.97. The number of aromatic nitrogens is 2. The number of aryl methyl sites for hydroxylation is 1. The standard InChI is InChI=1S/C25H29FN6O4/c1-14-2-5-17(11-19(14)36-13-20(33)32-6-8-35-9-7-32)29-25-28-12-18(26)24(31-25)30-22-16-4-3-15(10-16)21(22)23(27)34/h2-5,11-12,15-16,21-22H,6-10,13H2,1H3,(H2,27,34)(H2,28,29,30,31)/t15-,16+,21+,22-/m1/s1. The maximum Gasteiger partial charge on any atom is 0.260 e. The zero-order valence-corrected chi connectivity index (χ0v) is 19.9. The molecule has 36 heavy (non-hydrogen) atoms. The van der Waals surface area contributed by atoms with E-state index in [0.29, 0.717) is 37.7 Å². The maximum absolute atomic E-state index is 14.6. The summed E-state index contributed by atoms with van der Waals surface area (Å²) in [5.41, 5.74) is 7.09. The van der Waals surface area contributed by atoms with Gasteiger partial charge < -0.3 is 30.7 Å². The number of fused-ring (bicyclic) bond motifs is 2. The number of nitrogens with two attached hydrogens (primary N) is 1. The molecule has 5 rings (SSSR count). The van der Waals surface area contributed by atoms with Crippen molar-refractivity contribution in [2.75, 3.05) is 43.5 Å². The SMILES string of the molecule is Cc1ccc(Nc2ncc(F)c(N[C@H]3[C@@H](C(N)=O)[C@@H]4C=C[C@H]3C4)n2)cc1OCC(=O)N1CCOCC1. The molecule has 11 heteroatoms. The number of anilines is 3. The monoisotopic (exact) mass is 496 g/mol. The van der Waals surface area contributed by atoms with E-state index in [2.05, 4.69) is 20.6 Å². The molecule has 0 unspecified atom stereocenters. The number of hydrogen-bond acceptors (Lipinski definition) is 8. The largest absolute Gasteiger partial charge is 0.483 e. The predicted molar refractivity (Wildman–Crippen MR) is 130 cm³/mol. The minimum absolute atomic E-state index is 0.00407. The molecule has 1 saturated carbocycles. The second-order valence-corrected chi connectivity index (χ2v) is 9.32. The van der Waals surface area contributed by atoms with Crippen LogP contribution in [0.4, 0.5) is 21.8 Å². The fourth-order valence-electron chi connectivity index (χ4n) is 5.10. The Hall–Kier alpha value is -3.73. The van der Waals surface area contributed by atoms with Gasteiger partial charge in [0.05, 0.1) is 25.3 Å². The minimum atomic E-state index is -0.620. The number of carbonyl (C=O) groups excluding carboxylic acids is 2.